The molecule has 0 heterocycles. The molecule has 1 aromatic carbocycles. The number of nitrogens with one attached hydrogen (secondary N) is 2. The average molecular weight is 281 g/mol. The van der Waals surface area contributed by atoms with Gasteiger partial charge in [-0.3, -0.25) is 9.69 Å². The van der Waals surface area contributed by atoms with Crippen molar-refractivity contribution in [3.63, 3.8) is 0 Å². The van der Waals surface area contributed by atoms with E-state index in [0.29, 0.717) is 13.1 Å². The Morgan fingerprint density at radius 1 is 1.25 bits per heavy atom. The molecular weight excluding hydrogens is 257 g/mol. The molecule has 5 heteroatoms. The van der Waals surface area contributed by atoms with Crippen molar-refractivity contribution in [3.8, 4) is 0 Å². The number of rotatable bonds is 9. The molecule has 1 amide bonds. The third kappa shape index (κ3) is 7.21. The Kier molecular flexibility index (Phi) is 7.84. The van der Waals surface area contributed by atoms with Gasteiger partial charge in [0.05, 0.1) is 6.54 Å². The van der Waals surface area contributed by atoms with Crippen molar-refractivity contribution in [2.24, 2.45) is 0 Å². The molecule has 20 heavy (non-hydrogen) atoms. The van der Waals surface area contributed by atoms with Crippen LogP contribution >= 0.6 is 0 Å². The second kappa shape index (κ2) is 9.44. The first-order valence-electron chi connectivity index (χ1n) is 6.96. The summed E-state index contributed by atoms with van der Waals surface area (Å²) in [7, 11) is 3.86. The Morgan fingerprint density at radius 2 is 1.95 bits per heavy atom. The van der Waals surface area contributed by atoms with Gasteiger partial charge in [0.2, 0.25) is 5.91 Å². The van der Waals surface area contributed by atoms with Crippen molar-refractivity contribution in [3.05, 3.63) is 35.6 Å². The summed E-state index contributed by atoms with van der Waals surface area (Å²) in [6, 6.07) is 6.36. The number of likely N-dealkylation sites (N-methyl/N-ethyl adjacent to an activating group) is 1. The molecule has 0 saturated carbocycles. The van der Waals surface area contributed by atoms with Crippen LogP contribution in [-0.2, 0) is 11.2 Å². The molecule has 112 valence electrons. The zero-order valence-corrected chi connectivity index (χ0v) is 12.3. The molecule has 0 bridgehead atoms. The zero-order chi connectivity index (χ0) is 14.8. The first-order chi connectivity index (χ1) is 9.61. The summed E-state index contributed by atoms with van der Waals surface area (Å²) in [4.78, 5) is 13.7. The molecule has 1 aromatic rings. The fraction of sp³-hybridized carbons (Fsp3) is 0.533. The molecule has 4 nitrogen and oxygen atoms in total. The molecule has 0 unspecified atom stereocenters. The van der Waals surface area contributed by atoms with Crippen molar-refractivity contribution in [2.45, 2.75) is 12.8 Å². The first kappa shape index (κ1) is 16.6. The van der Waals surface area contributed by atoms with Gasteiger partial charge in [-0.15, -0.1) is 0 Å². The molecule has 0 radical (unpaired) electrons. The lowest BCUT2D eigenvalue weighted by molar-refractivity contribution is -0.121. The van der Waals surface area contributed by atoms with E-state index in [2.05, 4.69) is 10.6 Å². The maximum atomic E-state index is 12.7. The van der Waals surface area contributed by atoms with Crippen LogP contribution in [0.2, 0.25) is 0 Å². The van der Waals surface area contributed by atoms with Crippen LogP contribution < -0.4 is 10.6 Å². The number of halogens is 1. The number of carbonyl (C=O) groups excluding carboxylic acids is 1. The van der Waals surface area contributed by atoms with Crippen LogP contribution in [-0.4, -0.2) is 51.1 Å². The number of hydrogen-bond donors (Lipinski definition) is 2. The SMILES string of the molecule is CNCCCN(C)CC(=O)NCCc1ccc(F)cc1. The van der Waals surface area contributed by atoms with Gasteiger partial charge >= 0.3 is 0 Å². The van der Waals surface area contributed by atoms with Gasteiger partial charge in [0.25, 0.3) is 0 Å². The standard InChI is InChI=1S/C15H24FN3O/c1-17-9-3-11-19(2)12-15(20)18-10-8-13-4-6-14(16)7-5-13/h4-7,17H,3,8-12H2,1-2H3,(H,18,20). The van der Waals surface area contributed by atoms with Gasteiger partial charge in [0.15, 0.2) is 0 Å². The van der Waals surface area contributed by atoms with Gasteiger partial charge < -0.3 is 10.6 Å². The molecule has 0 atom stereocenters. The fourth-order valence-corrected chi connectivity index (χ4v) is 1.90. The number of benzene rings is 1. The summed E-state index contributed by atoms with van der Waals surface area (Å²) in [5.74, 6) is -0.208. The van der Waals surface area contributed by atoms with Gasteiger partial charge in [-0.25, -0.2) is 4.39 Å². The molecule has 0 fully saturated rings. The fourth-order valence-electron chi connectivity index (χ4n) is 1.90. The number of carbonyl (C=O) groups is 1. The van der Waals surface area contributed by atoms with Crippen LogP contribution in [0.5, 0.6) is 0 Å². The molecule has 0 aliphatic heterocycles. The monoisotopic (exact) mass is 281 g/mol. The third-order valence-electron chi connectivity index (χ3n) is 3.03. The molecule has 1 rings (SSSR count). The van der Waals surface area contributed by atoms with E-state index in [1.54, 1.807) is 12.1 Å². The highest BCUT2D eigenvalue weighted by atomic mass is 19.1. The summed E-state index contributed by atoms with van der Waals surface area (Å²) < 4.78 is 12.7. The number of hydrogen-bond acceptors (Lipinski definition) is 3. The summed E-state index contributed by atoms with van der Waals surface area (Å²) in [6.45, 7) is 2.84. The van der Waals surface area contributed by atoms with E-state index in [-0.39, 0.29) is 11.7 Å². The molecule has 0 saturated heterocycles. The van der Waals surface area contributed by atoms with Crippen LogP contribution in [0.3, 0.4) is 0 Å². The highest BCUT2D eigenvalue weighted by Crippen LogP contribution is 2.02. The molecule has 2 N–H and O–H groups in total. The summed E-state index contributed by atoms with van der Waals surface area (Å²) in [6.07, 6.45) is 1.74. The minimum Gasteiger partial charge on any atom is -0.355 e. The molecule has 0 spiro atoms. The van der Waals surface area contributed by atoms with Crippen molar-refractivity contribution in [1.29, 1.82) is 0 Å². The minimum absolute atomic E-state index is 0.0269. The molecule has 0 aromatic heterocycles. The number of amides is 1. The van der Waals surface area contributed by atoms with Crippen LogP contribution in [0.1, 0.15) is 12.0 Å². The molecule has 0 aliphatic rings. The number of nitrogens with zero attached hydrogens (tertiary/aromatic N) is 1. The maximum Gasteiger partial charge on any atom is 0.234 e. The largest absolute Gasteiger partial charge is 0.355 e. The van der Waals surface area contributed by atoms with Gasteiger partial charge in [-0.05, 0) is 57.7 Å². The highest BCUT2D eigenvalue weighted by Gasteiger charge is 2.05. The molecular formula is C15H24FN3O. The van der Waals surface area contributed by atoms with Crippen LogP contribution in [0.25, 0.3) is 0 Å². The van der Waals surface area contributed by atoms with Crippen molar-refractivity contribution < 1.29 is 9.18 Å². The lowest BCUT2D eigenvalue weighted by atomic mass is 10.1. The predicted octanol–water partition coefficient (Wildman–Crippen LogP) is 1.03. The highest BCUT2D eigenvalue weighted by molar-refractivity contribution is 5.77. The zero-order valence-electron chi connectivity index (χ0n) is 12.3. The maximum absolute atomic E-state index is 12.7. The van der Waals surface area contributed by atoms with E-state index in [9.17, 15) is 9.18 Å². The van der Waals surface area contributed by atoms with Crippen LogP contribution in [0.15, 0.2) is 24.3 Å². The summed E-state index contributed by atoms with van der Waals surface area (Å²) in [5, 5.41) is 5.96. The van der Waals surface area contributed by atoms with Gasteiger partial charge in [-0.1, -0.05) is 12.1 Å². The Balaban J connectivity index is 2.14. The third-order valence-corrected chi connectivity index (χ3v) is 3.03. The van der Waals surface area contributed by atoms with Gasteiger partial charge in [0.1, 0.15) is 5.82 Å². The first-order valence-corrected chi connectivity index (χ1v) is 6.96. The predicted molar refractivity (Wildman–Crippen MR) is 79.2 cm³/mol. The minimum atomic E-state index is -0.235. The van der Waals surface area contributed by atoms with Crippen molar-refractivity contribution in [2.75, 3.05) is 40.3 Å². The van der Waals surface area contributed by atoms with E-state index in [1.165, 1.54) is 12.1 Å². The van der Waals surface area contributed by atoms with E-state index >= 15 is 0 Å². The quantitative estimate of drug-likeness (QED) is 0.664. The van der Waals surface area contributed by atoms with E-state index in [4.69, 9.17) is 0 Å². The Morgan fingerprint density at radius 3 is 2.60 bits per heavy atom. The summed E-state index contributed by atoms with van der Waals surface area (Å²) in [5.41, 5.74) is 1.02. The van der Waals surface area contributed by atoms with Crippen molar-refractivity contribution >= 4 is 5.91 Å². The van der Waals surface area contributed by atoms with E-state index in [0.717, 1.165) is 31.5 Å². The Hall–Kier alpha value is -1.46. The summed E-state index contributed by atoms with van der Waals surface area (Å²) >= 11 is 0. The van der Waals surface area contributed by atoms with Gasteiger partial charge in [0, 0.05) is 6.54 Å². The van der Waals surface area contributed by atoms with Crippen LogP contribution in [0, 0.1) is 5.82 Å². The van der Waals surface area contributed by atoms with E-state index < -0.39 is 0 Å². The van der Waals surface area contributed by atoms with Crippen molar-refractivity contribution in [1.82, 2.24) is 15.5 Å². The second-order valence-corrected chi connectivity index (χ2v) is 4.92. The second-order valence-electron chi connectivity index (χ2n) is 4.92. The lowest BCUT2D eigenvalue weighted by Crippen LogP contribution is -2.37. The van der Waals surface area contributed by atoms with E-state index in [1.807, 2.05) is 19.0 Å². The topological polar surface area (TPSA) is 44.4 Å². The van der Waals surface area contributed by atoms with Crippen LogP contribution in [0.4, 0.5) is 4.39 Å². The van der Waals surface area contributed by atoms with Gasteiger partial charge in [-0.2, -0.15) is 0 Å². The molecule has 0 aliphatic carbocycles. The average Bonchev–Trinajstić information content (AvgIpc) is 2.41. The Bertz CT molecular complexity index is 395. The Labute approximate surface area is 120 Å². The smallest absolute Gasteiger partial charge is 0.234 e. The normalized spacial score (nSPS) is 10.8. The lowest BCUT2D eigenvalue weighted by Gasteiger charge is -2.16.